The van der Waals surface area contributed by atoms with Gasteiger partial charge < -0.3 is 14.7 Å². The molecule has 0 amide bonds. The van der Waals surface area contributed by atoms with E-state index in [-0.39, 0.29) is 154 Å². The van der Waals surface area contributed by atoms with Crippen molar-refractivity contribution in [3.63, 3.8) is 0 Å². The normalized spacial score (nSPS) is 8.92. The Bertz CT molecular complexity index is 243. The van der Waals surface area contributed by atoms with Crippen molar-refractivity contribution in [2.75, 3.05) is 0 Å². The topological polar surface area (TPSA) is 149 Å². The van der Waals surface area contributed by atoms with E-state index in [1.807, 2.05) is 0 Å². The Labute approximate surface area is 203 Å². The second-order valence-corrected chi connectivity index (χ2v) is 3.17. The van der Waals surface area contributed by atoms with Gasteiger partial charge in [-0.2, -0.15) is 0 Å². The van der Waals surface area contributed by atoms with E-state index in [2.05, 4.69) is 0 Å². The van der Waals surface area contributed by atoms with Crippen LogP contribution in [0.1, 0.15) is 0 Å². The van der Waals surface area contributed by atoms with Crippen LogP contribution < -0.4 is 0 Å². The van der Waals surface area contributed by atoms with Crippen molar-refractivity contribution >= 4 is 162 Å². The molecule has 0 aliphatic carbocycles. The summed E-state index contributed by atoms with van der Waals surface area (Å²) in [7, 11) is -4.64. The molecule has 13 heavy (non-hydrogen) atoms. The summed E-state index contributed by atoms with van der Waals surface area (Å²) in [5, 5.41) is 0. The van der Waals surface area contributed by atoms with Crippen LogP contribution in [0.3, 0.4) is 0 Å². The van der Waals surface area contributed by atoms with E-state index in [9.17, 15) is 0 Å². The fourth-order valence-corrected chi connectivity index (χ4v) is 0. The summed E-state index contributed by atoms with van der Waals surface area (Å²) in [4.78, 5) is 21.6. The Morgan fingerprint density at radius 2 is 0.846 bits per heavy atom. The van der Waals surface area contributed by atoms with E-state index in [1.165, 1.54) is 0 Å². The third kappa shape index (κ3) is 156. The van der Waals surface area contributed by atoms with Gasteiger partial charge in [-0.15, -0.1) is 0 Å². The Balaban J connectivity index is -0.0000000267. The average Bonchev–Trinajstić information content (AvgIpc) is 1.12. The second kappa shape index (κ2) is 15.0. The molecule has 13 heteroatoms. The van der Waals surface area contributed by atoms with Crippen LogP contribution in [0.5, 0.6) is 0 Å². The van der Waals surface area contributed by atoms with Crippen molar-refractivity contribution in [2.45, 2.75) is 0 Å². The van der Waals surface area contributed by atoms with Crippen molar-refractivity contribution in [2.24, 2.45) is 0 Å². The second-order valence-electron chi connectivity index (χ2n) is 0.909. The van der Waals surface area contributed by atoms with Crippen molar-refractivity contribution in [1.82, 2.24) is 0 Å². The standard InChI is InChI=1S/3K.Mn.H3O4P.H2O.3O.3H/c;;;;1-5(2,3)4;;;;;;;/h;;;;(H3,1,2,3,4);1H2;;;;;;/q;;;+1;;;;;;;;/p-1. The van der Waals surface area contributed by atoms with Gasteiger partial charge in [0.15, 0.2) is 0 Å². The van der Waals surface area contributed by atoms with Crippen molar-refractivity contribution in [1.29, 1.82) is 0 Å². The predicted molar refractivity (Wildman–Crippen MR) is 40.0 cm³/mol. The first-order valence-electron chi connectivity index (χ1n) is 1.41. The molecule has 0 bridgehead atoms. The molecule has 0 unspecified atom stereocenters. The summed E-state index contributed by atoms with van der Waals surface area (Å²) >= 11 is -5.38. The molecule has 0 saturated carbocycles. The Hall–Kier alpha value is 4.90. The van der Waals surface area contributed by atoms with Gasteiger partial charge in [-0.25, -0.2) is 4.57 Å². The van der Waals surface area contributed by atoms with Crippen LogP contribution in [0.2, 0.25) is 0 Å². The quantitative estimate of drug-likeness (QED) is 0.260. The van der Waals surface area contributed by atoms with E-state index in [0.717, 1.165) is 0 Å². The molecular formula is H7K3MnO8P. The fourth-order valence-electron chi connectivity index (χ4n) is 0. The number of phosphoric acid groups is 1. The third-order valence-corrected chi connectivity index (χ3v) is 0. The monoisotopic (exact) mass is 338 g/mol. The first-order chi connectivity index (χ1) is 4.00. The molecule has 0 aliphatic heterocycles. The maximum absolute atomic E-state index is 8.88. The molecule has 0 fully saturated rings. The van der Waals surface area contributed by atoms with Crippen LogP contribution in [-0.2, 0) is 29.0 Å². The first-order valence-corrected chi connectivity index (χ1v) is 4.95. The van der Waals surface area contributed by atoms with Gasteiger partial charge >= 0.3 is 191 Å². The SMILES string of the molecule is O=P(O)(O)O.[KH].[KH].[KH].[O]=[Mn](=[O])(=[O])[OH]. The van der Waals surface area contributed by atoms with Gasteiger partial charge in [0.05, 0.1) is 0 Å². The van der Waals surface area contributed by atoms with Crippen LogP contribution in [0.15, 0.2) is 0 Å². The van der Waals surface area contributed by atoms with E-state index >= 15 is 0 Å². The molecule has 0 aromatic carbocycles. The zero-order valence-electron chi connectivity index (χ0n) is 4.25. The van der Waals surface area contributed by atoms with Gasteiger partial charge in [0.1, 0.15) is 0 Å². The minimum atomic E-state index is -5.38. The molecule has 0 radical (unpaired) electrons. The molecule has 0 spiro atoms. The van der Waals surface area contributed by atoms with Crippen LogP contribution in [-0.4, -0.2) is 173 Å². The molecule has 8 nitrogen and oxygen atoms in total. The molecule has 4 N–H and O–H groups in total. The Morgan fingerprint density at radius 1 is 0.846 bits per heavy atom. The Morgan fingerprint density at radius 3 is 0.846 bits per heavy atom. The summed E-state index contributed by atoms with van der Waals surface area (Å²) in [5.41, 5.74) is 0. The van der Waals surface area contributed by atoms with Crippen LogP contribution in [0.4, 0.5) is 0 Å². The van der Waals surface area contributed by atoms with Crippen LogP contribution in [0.25, 0.3) is 0 Å². The van der Waals surface area contributed by atoms with Gasteiger partial charge in [-0.1, -0.05) is 0 Å². The van der Waals surface area contributed by atoms with Crippen LogP contribution >= 0.6 is 7.82 Å². The summed E-state index contributed by atoms with van der Waals surface area (Å²) < 4.78 is 41.9. The number of rotatable bonds is 0. The molecule has 0 aromatic rings. The molecule has 0 aromatic heterocycles. The summed E-state index contributed by atoms with van der Waals surface area (Å²) in [6.07, 6.45) is 0. The van der Waals surface area contributed by atoms with E-state index in [4.69, 9.17) is 34.9 Å². The van der Waals surface area contributed by atoms with Gasteiger partial charge in [-0.3, -0.25) is 0 Å². The molecule has 0 rings (SSSR count). The average molecular weight is 338 g/mol. The minimum absolute atomic E-state index is 0. The van der Waals surface area contributed by atoms with Gasteiger partial charge in [0.25, 0.3) is 0 Å². The van der Waals surface area contributed by atoms with Gasteiger partial charge in [0.2, 0.25) is 0 Å². The van der Waals surface area contributed by atoms with Gasteiger partial charge in [-0.05, 0) is 0 Å². The molecule has 0 aliphatic rings. The molecule has 0 atom stereocenters. The van der Waals surface area contributed by atoms with Gasteiger partial charge in [0, 0.05) is 0 Å². The van der Waals surface area contributed by atoms with Crippen molar-refractivity contribution in [3.8, 4) is 0 Å². The summed E-state index contributed by atoms with van der Waals surface area (Å²) in [5.74, 6) is 0. The molecule has 0 heterocycles. The third-order valence-electron chi connectivity index (χ3n) is 0. The summed E-state index contributed by atoms with van der Waals surface area (Å²) in [6.45, 7) is 0. The van der Waals surface area contributed by atoms with Crippen molar-refractivity contribution in [3.05, 3.63) is 0 Å². The number of hydrogen-bond donors (Lipinski definition) is 4. The zero-order chi connectivity index (χ0) is 9.00. The Kier molecular flexibility index (Phi) is 35.3. The number of hydrogen-bond acceptors (Lipinski definition) is 4. The predicted octanol–water partition coefficient (Wildman–Crippen LogP) is -3.79. The van der Waals surface area contributed by atoms with E-state index in [0.29, 0.717) is 0 Å². The first kappa shape index (κ1) is 30.7. The van der Waals surface area contributed by atoms with Crippen LogP contribution in [0, 0.1) is 0 Å². The molecular weight excluding hydrogens is 331 g/mol. The zero-order valence-corrected chi connectivity index (χ0v) is 6.32. The summed E-state index contributed by atoms with van der Waals surface area (Å²) in [6, 6.07) is 0. The van der Waals surface area contributed by atoms with Crippen molar-refractivity contribution < 1.29 is 47.9 Å². The molecule has 0 saturated heterocycles. The fraction of sp³-hybridized carbons (Fsp3) is 0. The maximum atomic E-state index is 8.88. The van der Waals surface area contributed by atoms with E-state index in [1.54, 1.807) is 0 Å². The van der Waals surface area contributed by atoms with E-state index < -0.39 is 20.8 Å². The molecule has 70 valence electrons.